The summed E-state index contributed by atoms with van der Waals surface area (Å²) in [6.07, 6.45) is 5.84. The lowest BCUT2D eigenvalue weighted by Gasteiger charge is -2.31. The quantitative estimate of drug-likeness (QED) is 0.766. The molecule has 1 aliphatic rings. The van der Waals surface area contributed by atoms with E-state index in [2.05, 4.69) is 22.1 Å². The first kappa shape index (κ1) is 19.8. The summed E-state index contributed by atoms with van der Waals surface area (Å²) in [4.78, 5) is 25.6. The summed E-state index contributed by atoms with van der Waals surface area (Å²) in [6.45, 7) is 5.95. The first-order valence-corrected chi connectivity index (χ1v) is 9.96. The minimum Gasteiger partial charge on any atom is -0.444 e. The second-order valence-electron chi connectivity index (χ2n) is 7.82. The minimum atomic E-state index is -0.516. The highest BCUT2D eigenvalue weighted by atomic mass is 32.1. The van der Waals surface area contributed by atoms with Crippen LogP contribution >= 0.6 is 11.3 Å². The van der Waals surface area contributed by atoms with E-state index in [9.17, 15) is 9.59 Å². The lowest BCUT2D eigenvalue weighted by Crippen LogP contribution is -2.54. The van der Waals surface area contributed by atoms with E-state index in [1.165, 1.54) is 4.88 Å². The number of rotatable bonds is 7. The number of hydrogen-bond acceptors (Lipinski definition) is 4. The SMILES string of the molecule is CC(C)(C)OC(=O)NCC1(NC(=O)CCCc2cccs2)CCCC1. The van der Waals surface area contributed by atoms with Crippen molar-refractivity contribution in [2.45, 2.75) is 76.9 Å². The van der Waals surface area contributed by atoms with E-state index < -0.39 is 11.7 Å². The van der Waals surface area contributed by atoms with Crippen LogP contribution in [0.5, 0.6) is 0 Å². The first-order chi connectivity index (χ1) is 11.8. The number of aryl methyl sites for hydroxylation is 1. The Labute approximate surface area is 154 Å². The second-order valence-corrected chi connectivity index (χ2v) is 8.86. The molecule has 5 nitrogen and oxygen atoms in total. The van der Waals surface area contributed by atoms with Crippen molar-refractivity contribution in [2.75, 3.05) is 6.54 Å². The van der Waals surface area contributed by atoms with E-state index in [1.807, 2.05) is 26.8 Å². The average Bonchev–Trinajstić information content (AvgIpc) is 3.16. The molecule has 2 N–H and O–H groups in total. The van der Waals surface area contributed by atoms with Crippen molar-refractivity contribution in [3.63, 3.8) is 0 Å². The van der Waals surface area contributed by atoms with E-state index in [0.717, 1.165) is 38.5 Å². The molecular formula is C19H30N2O3S. The molecule has 0 unspecified atom stereocenters. The van der Waals surface area contributed by atoms with E-state index in [4.69, 9.17) is 4.74 Å². The molecule has 0 atom stereocenters. The lowest BCUT2D eigenvalue weighted by molar-refractivity contribution is -0.123. The molecule has 140 valence electrons. The Morgan fingerprint density at radius 2 is 2.00 bits per heavy atom. The maximum Gasteiger partial charge on any atom is 0.407 e. The van der Waals surface area contributed by atoms with Crippen LogP contribution in [0.4, 0.5) is 4.79 Å². The fourth-order valence-corrected chi connectivity index (χ4v) is 3.94. The molecule has 1 aliphatic carbocycles. The molecule has 25 heavy (non-hydrogen) atoms. The third kappa shape index (κ3) is 7.06. The van der Waals surface area contributed by atoms with Crippen molar-refractivity contribution in [3.8, 4) is 0 Å². The zero-order valence-corrected chi connectivity index (χ0v) is 16.3. The second kappa shape index (κ2) is 8.70. The molecule has 2 amide bonds. The van der Waals surface area contributed by atoms with E-state index in [1.54, 1.807) is 11.3 Å². The summed E-state index contributed by atoms with van der Waals surface area (Å²) in [5.74, 6) is 0.0736. The minimum absolute atomic E-state index is 0.0736. The van der Waals surface area contributed by atoms with Gasteiger partial charge in [-0.25, -0.2) is 4.79 Å². The number of carbonyl (C=O) groups excluding carboxylic acids is 2. The number of ether oxygens (including phenoxy) is 1. The Morgan fingerprint density at radius 3 is 2.60 bits per heavy atom. The van der Waals surface area contributed by atoms with Gasteiger partial charge in [-0.2, -0.15) is 0 Å². The highest BCUT2D eigenvalue weighted by molar-refractivity contribution is 7.09. The molecule has 1 fully saturated rings. The summed E-state index contributed by atoms with van der Waals surface area (Å²) < 4.78 is 5.29. The van der Waals surface area contributed by atoms with E-state index in [-0.39, 0.29) is 11.4 Å². The number of amides is 2. The number of nitrogens with one attached hydrogen (secondary N) is 2. The first-order valence-electron chi connectivity index (χ1n) is 9.08. The molecule has 6 heteroatoms. The molecule has 1 saturated carbocycles. The number of alkyl carbamates (subject to hydrolysis) is 1. The number of hydrogen-bond donors (Lipinski definition) is 2. The van der Waals surface area contributed by atoms with Gasteiger partial charge in [-0.3, -0.25) is 4.79 Å². The number of thiophene rings is 1. The molecule has 0 aromatic carbocycles. The Bertz CT molecular complexity index is 558. The van der Waals surface area contributed by atoms with E-state index >= 15 is 0 Å². The monoisotopic (exact) mass is 366 g/mol. The molecule has 0 bridgehead atoms. The van der Waals surface area contributed by atoms with Crippen molar-refractivity contribution in [1.82, 2.24) is 10.6 Å². The van der Waals surface area contributed by atoms with Gasteiger partial charge in [0.1, 0.15) is 5.60 Å². The summed E-state index contributed by atoms with van der Waals surface area (Å²) in [7, 11) is 0. The highest BCUT2D eigenvalue weighted by Gasteiger charge is 2.35. The van der Waals surface area contributed by atoms with Crippen molar-refractivity contribution in [1.29, 1.82) is 0 Å². The third-order valence-corrected chi connectivity index (χ3v) is 5.28. The Balaban J connectivity index is 1.78. The van der Waals surface area contributed by atoms with Crippen LogP contribution in [0.3, 0.4) is 0 Å². The van der Waals surface area contributed by atoms with Gasteiger partial charge in [0.25, 0.3) is 0 Å². The smallest absolute Gasteiger partial charge is 0.407 e. The van der Waals surface area contributed by atoms with Crippen molar-refractivity contribution >= 4 is 23.3 Å². The summed E-state index contributed by atoms with van der Waals surface area (Å²) in [5.41, 5.74) is -0.838. The van der Waals surface area contributed by atoms with E-state index in [0.29, 0.717) is 13.0 Å². The predicted octanol–water partition coefficient (Wildman–Crippen LogP) is 4.02. The zero-order chi connectivity index (χ0) is 18.3. The van der Waals surface area contributed by atoms with Gasteiger partial charge in [0.15, 0.2) is 0 Å². The maximum absolute atomic E-state index is 12.4. The van der Waals surface area contributed by atoms with Gasteiger partial charge in [-0.1, -0.05) is 18.9 Å². The van der Waals surface area contributed by atoms with Gasteiger partial charge in [0, 0.05) is 17.8 Å². The summed E-state index contributed by atoms with van der Waals surface area (Å²) in [6, 6.07) is 4.14. The fraction of sp³-hybridized carbons (Fsp3) is 0.684. The van der Waals surface area contributed by atoms with Crippen LogP contribution in [-0.4, -0.2) is 29.7 Å². The van der Waals surface area contributed by atoms with Gasteiger partial charge in [-0.05, 0) is 57.9 Å². The van der Waals surface area contributed by atoms with Gasteiger partial charge in [0.2, 0.25) is 5.91 Å². The summed E-state index contributed by atoms with van der Waals surface area (Å²) in [5, 5.41) is 8.08. The van der Waals surface area contributed by atoms with Crippen LogP contribution in [0.2, 0.25) is 0 Å². The van der Waals surface area contributed by atoms with Crippen molar-refractivity contribution < 1.29 is 14.3 Å². The summed E-state index contributed by atoms with van der Waals surface area (Å²) >= 11 is 1.73. The molecule has 0 spiro atoms. The maximum atomic E-state index is 12.4. The molecule has 1 heterocycles. The Morgan fingerprint density at radius 1 is 1.28 bits per heavy atom. The van der Waals surface area contributed by atoms with Crippen LogP contribution < -0.4 is 10.6 Å². The van der Waals surface area contributed by atoms with Gasteiger partial charge >= 0.3 is 6.09 Å². The van der Waals surface area contributed by atoms with Gasteiger partial charge in [-0.15, -0.1) is 11.3 Å². The van der Waals surface area contributed by atoms with Crippen LogP contribution in [-0.2, 0) is 16.0 Å². The Hall–Kier alpha value is -1.56. The predicted molar refractivity (Wildman–Crippen MR) is 101 cm³/mol. The lowest BCUT2D eigenvalue weighted by atomic mass is 9.97. The highest BCUT2D eigenvalue weighted by Crippen LogP contribution is 2.29. The standard InChI is InChI=1S/C19H30N2O3S/c1-18(2,3)24-17(23)20-14-19(11-4-5-12-19)21-16(22)10-6-8-15-9-7-13-25-15/h7,9,13H,4-6,8,10-12,14H2,1-3H3,(H,20,23)(H,21,22). The molecule has 2 rings (SSSR count). The fourth-order valence-electron chi connectivity index (χ4n) is 3.19. The largest absolute Gasteiger partial charge is 0.444 e. The normalized spacial score (nSPS) is 16.4. The molecule has 0 radical (unpaired) electrons. The van der Waals surface area contributed by atoms with Crippen LogP contribution in [0.15, 0.2) is 17.5 Å². The molecule has 1 aromatic heterocycles. The molecule has 0 aliphatic heterocycles. The molecule has 1 aromatic rings. The van der Waals surface area contributed by atoms with Crippen LogP contribution in [0.25, 0.3) is 0 Å². The number of carbonyl (C=O) groups is 2. The van der Waals surface area contributed by atoms with Crippen molar-refractivity contribution in [2.24, 2.45) is 0 Å². The molecule has 0 saturated heterocycles. The van der Waals surface area contributed by atoms with Crippen LogP contribution in [0.1, 0.15) is 64.2 Å². The third-order valence-electron chi connectivity index (χ3n) is 4.34. The average molecular weight is 367 g/mol. The Kier molecular flexibility index (Phi) is 6.87. The van der Waals surface area contributed by atoms with Gasteiger partial charge in [0.05, 0.1) is 5.54 Å². The van der Waals surface area contributed by atoms with Crippen molar-refractivity contribution in [3.05, 3.63) is 22.4 Å². The van der Waals surface area contributed by atoms with Gasteiger partial charge < -0.3 is 15.4 Å². The topological polar surface area (TPSA) is 67.4 Å². The van der Waals surface area contributed by atoms with Crippen LogP contribution in [0, 0.1) is 0 Å². The molecular weight excluding hydrogens is 336 g/mol. The zero-order valence-electron chi connectivity index (χ0n) is 15.5.